The summed E-state index contributed by atoms with van der Waals surface area (Å²) in [4.78, 5) is 15.9. The zero-order valence-electron chi connectivity index (χ0n) is 10.9. The second-order valence-corrected chi connectivity index (χ2v) is 6.08. The minimum absolute atomic E-state index is 0.187. The SMILES string of the molecule is CCOC(=O)C(C)(CCCSc1ncns1)NC. The molecule has 18 heavy (non-hydrogen) atoms. The Kier molecular flexibility index (Phi) is 6.59. The van der Waals surface area contributed by atoms with Crippen molar-refractivity contribution in [3.63, 3.8) is 0 Å². The Bertz CT molecular complexity index is 359. The first-order valence-electron chi connectivity index (χ1n) is 5.88. The number of rotatable bonds is 8. The van der Waals surface area contributed by atoms with Crippen molar-refractivity contribution in [3.8, 4) is 0 Å². The highest BCUT2D eigenvalue weighted by Gasteiger charge is 2.32. The van der Waals surface area contributed by atoms with E-state index >= 15 is 0 Å². The molecule has 1 rings (SSSR count). The minimum Gasteiger partial charge on any atom is -0.465 e. The molecule has 1 N–H and O–H groups in total. The van der Waals surface area contributed by atoms with E-state index in [0.717, 1.165) is 22.9 Å². The number of hydrogen-bond acceptors (Lipinski definition) is 7. The van der Waals surface area contributed by atoms with Gasteiger partial charge in [-0.1, -0.05) is 11.8 Å². The molecule has 1 aromatic rings. The van der Waals surface area contributed by atoms with E-state index < -0.39 is 5.54 Å². The van der Waals surface area contributed by atoms with Gasteiger partial charge in [-0.05, 0) is 45.3 Å². The van der Waals surface area contributed by atoms with Gasteiger partial charge in [0.1, 0.15) is 11.9 Å². The molecule has 1 heterocycles. The molecule has 0 amide bonds. The van der Waals surface area contributed by atoms with Gasteiger partial charge in [0.15, 0.2) is 4.34 Å². The first-order chi connectivity index (χ1) is 8.62. The molecule has 0 aliphatic heterocycles. The molecular formula is C11H19N3O2S2. The van der Waals surface area contributed by atoms with Crippen molar-refractivity contribution in [2.45, 2.75) is 36.6 Å². The average Bonchev–Trinajstić information content (AvgIpc) is 2.87. The summed E-state index contributed by atoms with van der Waals surface area (Å²) in [6, 6.07) is 0. The molecule has 0 aliphatic rings. The third-order valence-corrected chi connectivity index (χ3v) is 4.55. The van der Waals surface area contributed by atoms with Crippen molar-refractivity contribution < 1.29 is 9.53 Å². The van der Waals surface area contributed by atoms with Crippen LogP contribution in [0.4, 0.5) is 0 Å². The number of likely N-dealkylation sites (N-methyl/N-ethyl adjacent to an activating group) is 1. The van der Waals surface area contributed by atoms with Crippen molar-refractivity contribution in [1.29, 1.82) is 0 Å². The highest BCUT2D eigenvalue weighted by Crippen LogP contribution is 2.22. The van der Waals surface area contributed by atoms with Crippen molar-refractivity contribution in [2.75, 3.05) is 19.4 Å². The summed E-state index contributed by atoms with van der Waals surface area (Å²) in [6.07, 6.45) is 3.22. The molecule has 0 radical (unpaired) electrons. The number of carbonyl (C=O) groups excluding carboxylic acids is 1. The van der Waals surface area contributed by atoms with Crippen LogP contribution in [0.15, 0.2) is 10.7 Å². The van der Waals surface area contributed by atoms with Crippen LogP contribution in [0.3, 0.4) is 0 Å². The normalized spacial score (nSPS) is 14.2. The lowest BCUT2D eigenvalue weighted by Gasteiger charge is -2.26. The Hall–Kier alpha value is -0.660. The Labute approximate surface area is 116 Å². The topological polar surface area (TPSA) is 64.1 Å². The van der Waals surface area contributed by atoms with E-state index in [0.29, 0.717) is 6.61 Å². The number of aromatic nitrogens is 2. The molecule has 1 aromatic heterocycles. The van der Waals surface area contributed by atoms with Crippen LogP contribution in [0, 0.1) is 0 Å². The molecule has 0 fully saturated rings. The number of nitrogens with one attached hydrogen (secondary N) is 1. The molecule has 0 spiro atoms. The first-order valence-corrected chi connectivity index (χ1v) is 7.64. The molecule has 0 aliphatic carbocycles. The van der Waals surface area contributed by atoms with Gasteiger partial charge in [-0.3, -0.25) is 4.79 Å². The Morgan fingerprint density at radius 2 is 2.44 bits per heavy atom. The van der Waals surface area contributed by atoms with Crippen molar-refractivity contribution in [1.82, 2.24) is 14.7 Å². The van der Waals surface area contributed by atoms with Crippen molar-refractivity contribution in [2.24, 2.45) is 0 Å². The number of nitrogens with zero attached hydrogens (tertiary/aromatic N) is 2. The van der Waals surface area contributed by atoms with Gasteiger partial charge in [0, 0.05) is 5.75 Å². The molecule has 1 unspecified atom stereocenters. The summed E-state index contributed by atoms with van der Waals surface area (Å²) in [5, 5.41) is 3.05. The van der Waals surface area contributed by atoms with Gasteiger partial charge in [0.2, 0.25) is 0 Å². The maximum absolute atomic E-state index is 11.8. The van der Waals surface area contributed by atoms with Gasteiger partial charge < -0.3 is 10.1 Å². The summed E-state index contributed by atoms with van der Waals surface area (Å²) in [7, 11) is 1.79. The lowest BCUT2D eigenvalue weighted by molar-refractivity contribution is -0.150. The molecule has 102 valence electrons. The quantitative estimate of drug-likeness (QED) is 0.448. The number of esters is 1. The molecule has 5 nitrogen and oxygen atoms in total. The van der Waals surface area contributed by atoms with Gasteiger partial charge in [0.05, 0.1) is 6.61 Å². The maximum atomic E-state index is 11.8. The largest absolute Gasteiger partial charge is 0.465 e. The van der Waals surface area contributed by atoms with Crippen LogP contribution in [-0.4, -0.2) is 40.3 Å². The highest BCUT2D eigenvalue weighted by molar-refractivity contribution is 8.00. The fraction of sp³-hybridized carbons (Fsp3) is 0.727. The summed E-state index contributed by atoms with van der Waals surface area (Å²) in [6.45, 7) is 4.11. The molecule has 0 saturated heterocycles. The van der Waals surface area contributed by atoms with E-state index in [2.05, 4.69) is 14.7 Å². The third kappa shape index (κ3) is 4.55. The second-order valence-electron chi connectivity index (χ2n) is 3.96. The molecule has 0 aromatic carbocycles. The van der Waals surface area contributed by atoms with E-state index in [9.17, 15) is 4.79 Å². The van der Waals surface area contributed by atoms with Crippen LogP contribution in [0.5, 0.6) is 0 Å². The van der Waals surface area contributed by atoms with Crippen molar-refractivity contribution >= 4 is 29.3 Å². The zero-order valence-corrected chi connectivity index (χ0v) is 12.6. The maximum Gasteiger partial charge on any atom is 0.326 e. The van der Waals surface area contributed by atoms with Crippen LogP contribution >= 0.6 is 23.3 Å². The fourth-order valence-electron chi connectivity index (χ4n) is 1.43. The smallest absolute Gasteiger partial charge is 0.326 e. The monoisotopic (exact) mass is 289 g/mol. The Balaban J connectivity index is 2.32. The van der Waals surface area contributed by atoms with Crippen LogP contribution in [0.1, 0.15) is 26.7 Å². The van der Waals surface area contributed by atoms with Gasteiger partial charge in [-0.2, -0.15) is 4.37 Å². The van der Waals surface area contributed by atoms with Crippen LogP contribution in [0.2, 0.25) is 0 Å². The van der Waals surface area contributed by atoms with Crippen LogP contribution in [-0.2, 0) is 9.53 Å². The second kappa shape index (κ2) is 7.70. The van der Waals surface area contributed by atoms with Crippen molar-refractivity contribution in [3.05, 3.63) is 6.33 Å². The zero-order chi connectivity index (χ0) is 13.4. The lowest BCUT2D eigenvalue weighted by Crippen LogP contribution is -2.48. The predicted octanol–water partition coefficient (Wildman–Crippen LogP) is 1.95. The molecule has 0 saturated carbocycles. The number of carbonyl (C=O) groups is 1. The molecule has 7 heteroatoms. The molecular weight excluding hydrogens is 270 g/mol. The summed E-state index contributed by atoms with van der Waals surface area (Å²) in [5.41, 5.74) is -0.600. The van der Waals surface area contributed by atoms with E-state index in [4.69, 9.17) is 4.74 Å². The third-order valence-electron chi connectivity index (χ3n) is 2.67. The molecule has 1 atom stereocenters. The van der Waals surface area contributed by atoms with Gasteiger partial charge >= 0.3 is 5.97 Å². The van der Waals surface area contributed by atoms with Gasteiger partial charge in [-0.15, -0.1) is 0 Å². The summed E-state index contributed by atoms with van der Waals surface area (Å²) < 4.78 is 9.98. The first kappa shape index (κ1) is 15.4. The van der Waals surface area contributed by atoms with E-state index in [-0.39, 0.29) is 5.97 Å². The van der Waals surface area contributed by atoms with Gasteiger partial charge in [0.25, 0.3) is 0 Å². The molecule has 0 bridgehead atoms. The average molecular weight is 289 g/mol. The number of hydrogen-bond donors (Lipinski definition) is 1. The summed E-state index contributed by atoms with van der Waals surface area (Å²) in [5.74, 6) is 0.736. The fourth-order valence-corrected chi connectivity index (χ4v) is 2.88. The Morgan fingerprint density at radius 1 is 1.67 bits per heavy atom. The van der Waals surface area contributed by atoms with E-state index in [1.807, 2.05) is 13.8 Å². The highest BCUT2D eigenvalue weighted by atomic mass is 32.2. The van der Waals surface area contributed by atoms with Crippen LogP contribution < -0.4 is 5.32 Å². The summed E-state index contributed by atoms with van der Waals surface area (Å²) >= 11 is 3.06. The Morgan fingerprint density at radius 3 is 3.00 bits per heavy atom. The lowest BCUT2D eigenvalue weighted by atomic mass is 9.97. The standard InChI is InChI=1S/C11H19N3O2S2/c1-4-16-9(15)11(2,12-3)6-5-7-17-10-13-8-14-18-10/h8,12H,4-7H2,1-3H3. The van der Waals surface area contributed by atoms with E-state index in [1.54, 1.807) is 25.1 Å². The van der Waals surface area contributed by atoms with Crippen LogP contribution in [0.25, 0.3) is 0 Å². The van der Waals surface area contributed by atoms with E-state index in [1.165, 1.54) is 11.5 Å². The number of ether oxygens (including phenoxy) is 1. The minimum atomic E-state index is -0.600. The predicted molar refractivity (Wildman–Crippen MR) is 74.0 cm³/mol. The van der Waals surface area contributed by atoms with Gasteiger partial charge in [-0.25, -0.2) is 4.98 Å². The number of thioether (sulfide) groups is 1.